The molecule has 0 radical (unpaired) electrons. The first-order valence-electron chi connectivity index (χ1n) is 11.3. The number of pyridine rings is 1. The van der Waals surface area contributed by atoms with E-state index in [9.17, 15) is 14.0 Å². The molecule has 0 atom stereocenters. The minimum absolute atomic E-state index is 0.194. The second-order valence-electron chi connectivity index (χ2n) is 8.32. The minimum Gasteiger partial charge on any atom is -0.465 e. The van der Waals surface area contributed by atoms with Crippen LogP contribution in [0, 0.1) is 12.7 Å². The van der Waals surface area contributed by atoms with Crippen molar-refractivity contribution < 1.29 is 19.1 Å². The van der Waals surface area contributed by atoms with Gasteiger partial charge in [-0.15, -0.1) is 0 Å². The molecule has 12 heteroatoms. The lowest BCUT2D eigenvalue weighted by Crippen LogP contribution is -2.48. The van der Waals surface area contributed by atoms with E-state index in [1.807, 2.05) is 0 Å². The van der Waals surface area contributed by atoms with E-state index < -0.39 is 11.9 Å². The fourth-order valence-electron chi connectivity index (χ4n) is 3.76. The van der Waals surface area contributed by atoms with E-state index in [1.54, 1.807) is 31.3 Å². The lowest BCUT2D eigenvalue weighted by Gasteiger charge is -2.32. The Kier molecular flexibility index (Phi) is 7.91. The molecule has 0 bridgehead atoms. The van der Waals surface area contributed by atoms with Gasteiger partial charge in [0.2, 0.25) is 5.91 Å². The van der Waals surface area contributed by atoms with Crippen molar-refractivity contribution in [3.05, 3.63) is 59.1 Å². The van der Waals surface area contributed by atoms with Gasteiger partial charge in [-0.1, -0.05) is 11.6 Å². The first-order chi connectivity index (χ1) is 17.3. The highest BCUT2D eigenvalue weighted by Gasteiger charge is 2.20. The zero-order valence-electron chi connectivity index (χ0n) is 19.5. The van der Waals surface area contributed by atoms with Crippen LogP contribution in [0.5, 0.6) is 0 Å². The van der Waals surface area contributed by atoms with E-state index in [0.717, 1.165) is 0 Å². The second kappa shape index (κ2) is 11.3. The molecule has 36 heavy (non-hydrogen) atoms. The van der Waals surface area contributed by atoms with Crippen LogP contribution in [-0.2, 0) is 4.79 Å². The molecule has 2 amide bonds. The maximum atomic E-state index is 14.3. The van der Waals surface area contributed by atoms with Gasteiger partial charge < -0.3 is 20.6 Å². The van der Waals surface area contributed by atoms with Crippen molar-refractivity contribution in [1.29, 1.82) is 0 Å². The van der Waals surface area contributed by atoms with Gasteiger partial charge in [-0.3, -0.25) is 9.69 Å². The number of benzene rings is 1. The minimum atomic E-state index is -0.919. The molecule has 1 fully saturated rings. The number of aryl methyl sites for hydroxylation is 1. The van der Waals surface area contributed by atoms with Crippen molar-refractivity contribution in [2.24, 2.45) is 0 Å². The third kappa shape index (κ3) is 6.43. The van der Waals surface area contributed by atoms with Crippen LogP contribution in [0.2, 0.25) is 5.02 Å². The number of nitrogens with one attached hydrogen (secondary N) is 2. The summed E-state index contributed by atoms with van der Waals surface area (Å²) in [5.41, 5.74) is 2.44. The Bertz CT molecular complexity index is 1270. The highest BCUT2D eigenvalue weighted by molar-refractivity contribution is 6.30. The number of hydrogen-bond acceptors (Lipinski definition) is 7. The first-order valence-corrected chi connectivity index (χ1v) is 11.7. The summed E-state index contributed by atoms with van der Waals surface area (Å²) >= 11 is 6.01. The lowest BCUT2D eigenvalue weighted by atomic mass is 10.1. The number of nitrogens with zero attached hydrogens (tertiary/aromatic N) is 5. The zero-order chi connectivity index (χ0) is 25.7. The number of carboxylic acid groups (broad SMARTS) is 1. The maximum absolute atomic E-state index is 14.3. The van der Waals surface area contributed by atoms with E-state index in [-0.39, 0.29) is 17.9 Å². The second-order valence-corrected chi connectivity index (χ2v) is 8.75. The summed E-state index contributed by atoms with van der Waals surface area (Å²) in [6.07, 6.45) is 0.899. The monoisotopic (exact) mass is 513 g/mol. The SMILES string of the molecule is Cc1nnc(-c2cc(Cl)ccc2F)cc1Nc1ccnc(NC(=O)CCN2CCN(C(=O)O)CC2)c1. The molecule has 3 heterocycles. The third-order valence-corrected chi connectivity index (χ3v) is 6.02. The van der Waals surface area contributed by atoms with Crippen molar-refractivity contribution >= 4 is 40.8 Å². The highest BCUT2D eigenvalue weighted by atomic mass is 35.5. The number of piperazine rings is 1. The van der Waals surface area contributed by atoms with E-state index in [4.69, 9.17) is 16.7 Å². The van der Waals surface area contributed by atoms with Crippen molar-refractivity contribution in [2.45, 2.75) is 13.3 Å². The van der Waals surface area contributed by atoms with Gasteiger partial charge in [-0.25, -0.2) is 14.2 Å². The quantitative estimate of drug-likeness (QED) is 0.433. The number of carbonyl (C=O) groups is 2. The number of halogens is 2. The Labute approximate surface area is 212 Å². The molecular weight excluding hydrogens is 489 g/mol. The lowest BCUT2D eigenvalue weighted by molar-refractivity contribution is -0.116. The first kappa shape index (κ1) is 25.3. The van der Waals surface area contributed by atoms with Gasteiger partial charge in [0.1, 0.15) is 11.6 Å². The largest absolute Gasteiger partial charge is 0.465 e. The summed E-state index contributed by atoms with van der Waals surface area (Å²) in [4.78, 5) is 31.1. The van der Waals surface area contributed by atoms with Crippen LogP contribution in [-0.4, -0.2) is 74.8 Å². The molecule has 1 aliphatic rings. The van der Waals surface area contributed by atoms with Crippen LogP contribution in [0.1, 0.15) is 12.1 Å². The Hall–Kier alpha value is -3.83. The zero-order valence-corrected chi connectivity index (χ0v) is 20.3. The van der Waals surface area contributed by atoms with Crippen LogP contribution < -0.4 is 10.6 Å². The summed E-state index contributed by atoms with van der Waals surface area (Å²) in [7, 11) is 0. The summed E-state index contributed by atoms with van der Waals surface area (Å²) in [6, 6.07) is 9.33. The van der Waals surface area contributed by atoms with Gasteiger partial charge in [0.15, 0.2) is 0 Å². The number of rotatable bonds is 7. The Balaban J connectivity index is 1.37. The average Bonchev–Trinajstić information content (AvgIpc) is 2.86. The van der Waals surface area contributed by atoms with Gasteiger partial charge >= 0.3 is 6.09 Å². The normalized spacial score (nSPS) is 13.9. The van der Waals surface area contributed by atoms with Gasteiger partial charge in [0, 0.05) is 67.7 Å². The number of amides is 2. The molecule has 0 saturated carbocycles. The van der Waals surface area contributed by atoms with E-state index in [0.29, 0.717) is 66.3 Å². The highest BCUT2D eigenvalue weighted by Crippen LogP contribution is 2.28. The van der Waals surface area contributed by atoms with Crippen LogP contribution >= 0.6 is 11.6 Å². The number of anilines is 3. The van der Waals surface area contributed by atoms with Crippen LogP contribution in [0.25, 0.3) is 11.3 Å². The maximum Gasteiger partial charge on any atom is 0.407 e. The van der Waals surface area contributed by atoms with E-state index in [2.05, 4.69) is 30.7 Å². The average molecular weight is 514 g/mol. The van der Waals surface area contributed by atoms with Crippen molar-refractivity contribution in [1.82, 2.24) is 25.0 Å². The predicted octanol–water partition coefficient (Wildman–Crippen LogP) is 4.01. The molecule has 0 aliphatic carbocycles. The molecule has 3 aromatic rings. The van der Waals surface area contributed by atoms with Gasteiger partial charge in [0.05, 0.1) is 17.1 Å². The van der Waals surface area contributed by atoms with E-state index in [1.165, 1.54) is 23.1 Å². The summed E-state index contributed by atoms with van der Waals surface area (Å²) in [6.45, 7) is 4.35. The smallest absolute Gasteiger partial charge is 0.407 e. The van der Waals surface area contributed by atoms with Crippen molar-refractivity contribution in [3.8, 4) is 11.3 Å². The molecule has 10 nitrogen and oxygen atoms in total. The predicted molar refractivity (Wildman–Crippen MR) is 134 cm³/mol. The fraction of sp³-hybridized carbons (Fsp3) is 0.292. The summed E-state index contributed by atoms with van der Waals surface area (Å²) in [5, 5.41) is 23.6. The molecule has 1 saturated heterocycles. The molecule has 4 rings (SSSR count). The number of carbonyl (C=O) groups excluding carboxylic acids is 1. The number of aromatic nitrogens is 3. The topological polar surface area (TPSA) is 124 Å². The fourth-order valence-corrected chi connectivity index (χ4v) is 3.94. The molecule has 0 unspecified atom stereocenters. The summed E-state index contributed by atoms with van der Waals surface area (Å²) < 4.78 is 14.3. The Morgan fingerprint density at radius 3 is 2.64 bits per heavy atom. The van der Waals surface area contributed by atoms with Gasteiger partial charge in [0.25, 0.3) is 0 Å². The molecule has 1 aliphatic heterocycles. The van der Waals surface area contributed by atoms with Gasteiger partial charge in [-0.2, -0.15) is 10.2 Å². The van der Waals surface area contributed by atoms with Crippen LogP contribution in [0.15, 0.2) is 42.6 Å². The standard InChI is InChI=1S/C24H25ClFN7O3/c1-15-20(14-21(31-30-15)18-12-16(25)2-3-19(18)26)28-17-4-6-27-22(13-17)29-23(34)5-7-32-8-10-33(11-9-32)24(35)36/h2-4,6,12-14H,5,7-11H2,1H3,(H,35,36)(H2,27,28,29,31,34). The molecule has 2 aromatic heterocycles. The van der Waals surface area contributed by atoms with Crippen molar-refractivity contribution in [2.75, 3.05) is 43.4 Å². The molecule has 3 N–H and O–H groups in total. The van der Waals surface area contributed by atoms with Crippen LogP contribution in [0.3, 0.4) is 0 Å². The Morgan fingerprint density at radius 1 is 1.11 bits per heavy atom. The molecule has 188 valence electrons. The molecular formula is C24H25ClFN7O3. The number of hydrogen-bond donors (Lipinski definition) is 3. The third-order valence-electron chi connectivity index (χ3n) is 5.79. The summed E-state index contributed by atoms with van der Waals surface area (Å²) in [5.74, 6) is -0.275. The van der Waals surface area contributed by atoms with Gasteiger partial charge in [-0.05, 0) is 37.3 Å². The molecule has 0 spiro atoms. The van der Waals surface area contributed by atoms with E-state index >= 15 is 0 Å². The van der Waals surface area contributed by atoms with Crippen LogP contribution in [0.4, 0.5) is 26.4 Å². The Morgan fingerprint density at radius 2 is 1.89 bits per heavy atom. The molecule has 1 aromatic carbocycles. The van der Waals surface area contributed by atoms with Crippen molar-refractivity contribution in [3.63, 3.8) is 0 Å².